The Morgan fingerprint density at radius 2 is 0.828 bits per heavy atom. The highest BCUT2D eigenvalue weighted by molar-refractivity contribution is 6.03. The Kier molecular flexibility index (Phi) is 24.7. The summed E-state index contributed by atoms with van der Waals surface area (Å²) in [5.41, 5.74) is 24.2. The summed E-state index contributed by atoms with van der Waals surface area (Å²) in [6, 6.07) is 41.9. The highest BCUT2D eigenvalue weighted by atomic mass is 16.5. The molecule has 87 heavy (non-hydrogen) atoms. The first-order chi connectivity index (χ1) is 41.8. The van der Waals surface area contributed by atoms with Gasteiger partial charge in [0.15, 0.2) is 11.4 Å². The number of carbonyl (C=O) groups excluding carboxylic acids is 1. The second-order valence-corrected chi connectivity index (χ2v) is 21.9. The fraction of sp³-hybridized carbons (Fsp3) is 0.182. The Hall–Kier alpha value is -10.4. The summed E-state index contributed by atoms with van der Waals surface area (Å²) in [7, 11) is 28.5. The largest absolute Gasteiger partial charge is 0.457 e. The average Bonchev–Trinajstić information content (AvgIpc) is 3.45. The molecule has 2 aliphatic heterocycles. The van der Waals surface area contributed by atoms with E-state index in [4.69, 9.17) is 9.47 Å². The van der Waals surface area contributed by atoms with Gasteiger partial charge in [0.2, 0.25) is 0 Å². The molecule has 0 N–H and O–H groups in total. The lowest BCUT2D eigenvalue weighted by Gasteiger charge is -2.20. The third-order valence-corrected chi connectivity index (χ3v) is 14.0. The van der Waals surface area contributed by atoms with Crippen molar-refractivity contribution in [1.29, 1.82) is 0 Å². The van der Waals surface area contributed by atoms with Crippen LogP contribution in [0.15, 0.2) is 272 Å². The van der Waals surface area contributed by atoms with Gasteiger partial charge < -0.3 is 34.0 Å². The van der Waals surface area contributed by atoms with Crippen molar-refractivity contribution in [3.8, 4) is 0 Å². The Morgan fingerprint density at radius 1 is 0.425 bits per heavy atom. The second-order valence-electron chi connectivity index (χ2n) is 21.9. The topological polar surface area (TPSA) is 57.8 Å². The first-order valence-corrected chi connectivity index (χ1v) is 28.7. The predicted octanol–water partition coefficient (Wildman–Crippen LogP) is 14.9. The maximum absolute atomic E-state index is 10.1. The van der Waals surface area contributed by atoms with Crippen LogP contribution < -0.4 is 24.5 Å². The van der Waals surface area contributed by atoms with Gasteiger partial charge in [-0.05, 0) is 179 Å². The van der Waals surface area contributed by atoms with Crippen LogP contribution in [0.1, 0.15) is 27.8 Å². The van der Waals surface area contributed by atoms with Crippen LogP contribution in [0.4, 0.5) is 28.4 Å². The molecule has 4 aliphatic rings. The van der Waals surface area contributed by atoms with Crippen LogP contribution in [-0.2, 0) is 14.3 Å². The quantitative estimate of drug-likeness (QED) is 0.0380. The SMILES string of the molecule is C=C.CN(C)c1ccc(/C=C/C=O)cc1.CN(C)c1ccc(C2=CC(=CC=C3C=CC(=[N+](C)C)C=C3)OC(c3ccc(N(C)C)cc3)=C2)cc1.CN(C)c1ccc(C=C=C=CC2=CC(c3ccc(N(C)C)cc3)=CC(=C3C=CC(=[N+](C)C)C=C3)O2)cc1. The smallest absolute Gasteiger partial charge is 0.199 e. The van der Waals surface area contributed by atoms with Crippen LogP contribution in [0, 0.1) is 0 Å². The zero-order chi connectivity index (χ0) is 63.0. The van der Waals surface area contributed by atoms with E-state index in [2.05, 4.69) is 237 Å². The van der Waals surface area contributed by atoms with Crippen LogP contribution in [0.25, 0.3) is 29.1 Å². The van der Waals surface area contributed by atoms with Crippen molar-refractivity contribution in [2.45, 2.75) is 0 Å². The van der Waals surface area contributed by atoms with E-state index in [1.54, 1.807) is 6.08 Å². The van der Waals surface area contributed by atoms with Crippen LogP contribution >= 0.6 is 0 Å². The van der Waals surface area contributed by atoms with Crippen molar-refractivity contribution >= 4 is 75.2 Å². The molecule has 2 aliphatic carbocycles. The van der Waals surface area contributed by atoms with Gasteiger partial charge in [0.1, 0.15) is 57.5 Å². The molecule has 0 atom stereocenters. The van der Waals surface area contributed by atoms with Gasteiger partial charge in [-0.15, -0.1) is 13.2 Å². The first-order valence-electron chi connectivity index (χ1n) is 28.7. The molecule has 0 radical (unpaired) electrons. The van der Waals surface area contributed by atoms with Crippen LogP contribution in [0.3, 0.4) is 0 Å². The Morgan fingerprint density at radius 3 is 1.26 bits per heavy atom. The molecule has 0 fully saturated rings. The number of anilines is 5. The minimum Gasteiger partial charge on any atom is -0.457 e. The Bertz CT molecular complexity index is 3730. The van der Waals surface area contributed by atoms with E-state index in [0.29, 0.717) is 5.76 Å². The van der Waals surface area contributed by atoms with Crippen LogP contribution in [0.5, 0.6) is 0 Å². The van der Waals surface area contributed by atoms with E-state index in [1.807, 2.05) is 138 Å². The highest BCUT2D eigenvalue weighted by Gasteiger charge is 2.18. The van der Waals surface area contributed by atoms with Gasteiger partial charge in [0.25, 0.3) is 0 Å². The number of hydrogen-bond donors (Lipinski definition) is 0. The fourth-order valence-corrected chi connectivity index (χ4v) is 8.77. The van der Waals surface area contributed by atoms with E-state index < -0.39 is 0 Å². The summed E-state index contributed by atoms with van der Waals surface area (Å²) in [6.45, 7) is 6.00. The van der Waals surface area contributed by atoms with Gasteiger partial charge in [-0.3, -0.25) is 4.79 Å². The predicted molar refractivity (Wildman–Crippen MR) is 374 cm³/mol. The first kappa shape index (κ1) is 65.8. The molecule has 0 saturated carbocycles. The zero-order valence-corrected chi connectivity index (χ0v) is 53.3. The van der Waals surface area contributed by atoms with Crippen LogP contribution in [-0.4, -0.2) is 126 Å². The molecule has 10 heteroatoms. The van der Waals surface area contributed by atoms with Gasteiger partial charge in [-0.25, -0.2) is 9.15 Å². The molecule has 5 aromatic carbocycles. The van der Waals surface area contributed by atoms with Crippen molar-refractivity contribution in [1.82, 2.24) is 0 Å². The molecule has 9 rings (SSSR count). The van der Waals surface area contributed by atoms with Gasteiger partial charge in [-0.2, -0.15) is 0 Å². The molecule has 0 saturated heterocycles. The van der Waals surface area contributed by atoms with E-state index in [0.717, 1.165) is 102 Å². The number of nitrogens with zero attached hydrogens (tertiary/aromatic N) is 7. The lowest BCUT2D eigenvalue weighted by Crippen LogP contribution is -2.10. The molecule has 0 amide bonds. The van der Waals surface area contributed by atoms with E-state index in [-0.39, 0.29) is 0 Å². The molecule has 444 valence electrons. The van der Waals surface area contributed by atoms with Crippen molar-refractivity contribution in [3.05, 3.63) is 299 Å². The monoisotopic (exact) mass is 1160 g/mol. The fourth-order valence-electron chi connectivity index (χ4n) is 8.77. The summed E-state index contributed by atoms with van der Waals surface area (Å²) in [5.74, 6) is 3.16. The molecule has 0 unspecified atom stereocenters. The maximum Gasteiger partial charge on any atom is 0.199 e. The summed E-state index contributed by atoms with van der Waals surface area (Å²) in [6.07, 6.45) is 37.2. The zero-order valence-electron chi connectivity index (χ0n) is 53.3. The molecule has 0 aromatic heterocycles. The Labute approximate surface area is 518 Å². The number of benzene rings is 5. The van der Waals surface area contributed by atoms with Gasteiger partial charge in [0, 0.05) is 140 Å². The number of aldehydes is 1. The van der Waals surface area contributed by atoms with Crippen LogP contribution in [0.2, 0.25) is 0 Å². The Balaban J connectivity index is 0.000000226. The molecule has 0 bridgehead atoms. The number of hydrogen-bond acceptors (Lipinski definition) is 8. The second kappa shape index (κ2) is 32.6. The van der Waals surface area contributed by atoms with Crippen molar-refractivity contribution in [3.63, 3.8) is 0 Å². The summed E-state index contributed by atoms with van der Waals surface area (Å²) in [5, 5.41) is 0. The summed E-state index contributed by atoms with van der Waals surface area (Å²) in [4.78, 5) is 20.5. The number of ether oxygens (including phenoxy) is 2. The molecular weight excluding hydrogens is 1070 g/mol. The van der Waals surface area contributed by atoms with Crippen molar-refractivity contribution in [2.75, 3.05) is 123 Å². The number of allylic oxidation sites excluding steroid dienone is 20. The van der Waals surface area contributed by atoms with Gasteiger partial charge in [-0.1, -0.05) is 72.1 Å². The third-order valence-electron chi connectivity index (χ3n) is 14.0. The summed E-state index contributed by atoms with van der Waals surface area (Å²) >= 11 is 0. The normalized spacial score (nSPS) is 14.0. The molecule has 5 aromatic rings. The van der Waals surface area contributed by atoms with E-state index in [9.17, 15) is 4.79 Å². The standard InChI is InChI=1S/C33H34N3O.C31H34N3O.C11H13NO.C2H4/c1-34(2)29-17-11-25(12-18-29)9-7-8-10-32-23-28(26-13-19-30(20-14-26)35(3)4)24-33(37-32)27-15-21-31(22-16-27)36(5)6;1-32(2)27-14-7-23(8-15-27)9-20-30-21-26(24-10-16-28(17-11-24)33(3)4)22-31(35-30)25-12-18-29(19-13-25)34(5)6;1-12(2)11-7-5-10(6-8-11)4-3-9-13;1-2/h9-24H,1-6H3;7-22H,1-6H3;3-9H,1-2H3;1-2H2/q2*+1;;/b;;4-3+;. The highest BCUT2D eigenvalue weighted by Crippen LogP contribution is 2.34. The number of rotatable bonds is 13. The minimum absolute atomic E-state index is 0.713. The molecule has 10 nitrogen and oxygen atoms in total. The minimum atomic E-state index is 0.713. The average molecular weight is 1160 g/mol. The maximum atomic E-state index is 10.1. The van der Waals surface area contributed by atoms with Crippen molar-refractivity contribution < 1.29 is 23.4 Å². The summed E-state index contributed by atoms with van der Waals surface area (Å²) < 4.78 is 16.8. The lowest BCUT2D eigenvalue weighted by atomic mass is 9.99. The third kappa shape index (κ3) is 19.9. The molecule has 2 heterocycles. The van der Waals surface area contributed by atoms with Gasteiger partial charge in [0.05, 0.1) is 0 Å². The van der Waals surface area contributed by atoms with Gasteiger partial charge >= 0.3 is 0 Å². The van der Waals surface area contributed by atoms with E-state index in [1.165, 1.54) is 17.5 Å². The van der Waals surface area contributed by atoms with E-state index >= 15 is 0 Å². The molecular formula is C77H85N7O3+2. The lowest BCUT2D eigenvalue weighted by molar-refractivity contribution is -0.462. The number of carbonyl (C=O) groups is 1. The van der Waals surface area contributed by atoms with Crippen molar-refractivity contribution in [2.24, 2.45) is 0 Å². The molecule has 0 spiro atoms.